The molecule has 19 heavy (non-hydrogen) atoms. The minimum absolute atomic E-state index is 0.485. The summed E-state index contributed by atoms with van der Waals surface area (Å²) in [7, 11) is 0. The summed E-state index contributed by atoms with van der Waals surface area (Å²) in [6.45, 7) is 0. The molecular formula is C13H12N4O2. The van der Waals surface area contributed by atoms with Gasteiger partial charge in [-0.15, -0.1) is 0 Å². The molecule has 96 valence electrons. The zero-order valence-electron chi connectivity index (χ0n) is 9.95. The fourth-order valence-electron chi connectivity index (χ4n) is 1.39. The second-order valence-corrected chi connectivity index (χ2v) is 3.77. The van der Waals surface area contributed by atoms with Crippen LogP contribution >= 0.6 is 0 Å². The lowest BCUT2D eigenvalue weighted by Gasteiger charge is -1.99. The summed E-state index contributed by atoms with van der Waals surface area (Å²) >= 11 is 0. The van der Waals surface area contributed by atoms with E-state index in [0.717, 1.165) is 0 Å². The zero-order valence-corrected chi connectivity index (χ0v) is 9.95. The first-order valence-electron chi connectivity index (χ1n) is 5.51. The Labute approximate surface area is 109 Å². The number of azo groups is 1. The van der Waals surface area contributed by atoms with Crippen LogP contribution < -0.4 is 11.1 Å². The van der Waals surface area contributed by atoms with Crippen LogP contribution in [0.5, 0.6) is 0 Å². The minimum Gasteiger partial charge on any atom is -0.465 e. The second kappa shape index (κ2) is 5.63. The highest BCUT2D eigenvalue weighted by Crippen LogP contribution is 2.20. The molecule has 0 aliphatic carbocycles. The lowest BCUT2D eigenvalue weighted by Crippen LogP contribution is -2.06. The van der Waals surface area contributed by atoms with E-state index >= 15 is 0 Å². The van der Waals surface area contributed by atoms with Gasteiger partial charge in [0, 0.05) is 11.4 Å². The van der Waals surface area contributed by atoms with Crippen LogP contribution in [0.15, 0.2) is 58.8 Å². The summed E-state index contributed by atoms with van der Waals surface area (Å²) in [6, 6.07) is 13.6. The van der Waals surface area contributed by atoms with Gasteiger partial charge < -0.3 is 10.8 Å². The quantitative estimate of drug-likeness (QED) is 0.575. The zero-order chi connectivity index (χ0) is 13.7. The van der Waals surface area contributed by atoms with Crippen LogP contribution in [-0.4, -0.2) is 11.2 Å². The number of nitrogens with one attached hydrogen (secondary N) is 1. The van der Waals surface area contributed by atoms with Crippen molar-refractivity contribution in [3.63, 3.8) is 0 Å². The fourth-order valence-corrected chi connectivity index (χ4v) is 1.39. The Hall–Kier alpha value is -2.89. The molecule has 0 atom stereocenters. The summed E-state index contributed by atoms with van der Waals surface area (Å²) in [5, 5.41) is 18.9. The number of carboxylic acid groups (broad SMARTS) is 1. The van der Waals surface area contributed by atoms with Gasteiger partial charge >= 0.3 is 6.09 Å². The Kier molecular flexibility index (Phi) is 3.72. The van der Waals surface area contributed by atoms with Crippen LogP contribution in [-0.2, 0) is 0 Å². The molecule has 2 aromatic carbocycles. The molecule has 6 nitrogen and oxygen atoms in total. The third kappa shape index (κ3) is 3.81. The van der Waals surface area contributed by atoms with E-state index in [1.165, 1.54) is 0 Å². The third-order valence-electron chi connectivity index (χ3n) is 2.29. The van der Waals surface area contributed by atoms with Gasteiger partial charge in [0.2, 0.25) is 0 Å². The van der Waals surface area contributed by atoms with Crippen molar-refractivity contribution >= 4 is 28.8 Å². The number of nitrogens with zero attached hydrogens (tertiary/aromatic N) is 2. The molecule has 4 N–H and O–H groups in total. The van der Waals surface area contributed by atoms with Gasteiger partial charge in [0.15, 0.2) is 0 Å². The van der Waals surface area contributed by atoms with Gasteiger partial charge in [0.1, 0.15) is 0 Å². The van der Waals surface area contributed by atoms with E-state index in [4.69, 9.17) is 10.8 Å². The summed E-state index contributed by atoms with van der Waals surface area (Å²) in [5.41, 5.74) is 8.05. The standard InChI is InChI=1S/C13H12N4O2/c14-9-1-3-11(4-2-9)16-17-12-7-5-10(6-8-12)15-13(18)19/h1-8,15H,14H2,(H,18,19). The number of anilines is 2. The van der Waals surface area contributed by atoms with Crippen molar-refractivity contribution in [3.8, 4) is 0 Å². The van der Waals surface area contributed by atoms with Gasteiger partial charge in [0.05, 0.1) is 11.4 Å². The van der Waals surface area contributed by atoms with Crippen molar-refractivity contribution in [2.24, 2.45) is 10.2 Å². The molecule has 0 aromatic heterocycles. The van der Waals surface area contributed by atoms with E-state index in [-0.39, 0.29) is 0 Å². The molecule has 0 spiro atoms. The molecule has 1 amide bonds. The van der Waals surface area contributed by atoms with Gasteiger partial charge in [-0.1, -0.05) is 0 Å². The highest BCUT2D eigenvalue weighted by molar-refractivity contribution is 5.82. The predicted molar refractivity (Wildman–Crippen MR) is 73.1 cm³/mol. The Morgan fingerprint density at radius 1 is 0.947 bits per heavy atom. The van der Waals surface area contributed by atoms with Crippen molar-refractivity contribution in [2.75, 3.05) is 11.1 Å². The normalized spacial score (nSPS) is 10.5. The lowest BCUT2D eigenvalue weighted by atomic mass is 10.3. The maximum atomic E-state index is 10.4. The number of hydrogen-bond acceptors (Lipinski definition) is 4. The molecule has 2 aromatic rings. The molecule has 0 radical (unpaired) electrons. The number of nitrogens with two attached hydrogens (primary N) is 1. The van der Waals surface area contributed by atoms with Crippen LogP contribution in [0.4, 0.5) is 27.5 Å². The van der Waals surface area contributed by atoms with Crippen LogP contribution in [0.25, 0.3) is 0 Å². The molecule has 0 aliphatic heterocycles. The summed E-state index contributed by atoms with van der Waals surface area (Å²) < 4.78 is 0. The van der Waals surface area contributed by atoms with E-state index < -0.39 is 6.09 Å². The average Bonchev–Trinajstić information content (AvgIpc) is 2.39. The number of amides is 1. The number of hydrogen-bond donors (Lipinski definition) is 3. The van der Waals surface area contributed by atoms with Crippen LogP contribution in [0.1, 0.15) is 0 Å². The Morgan fingerprint density at radius 2 is 1.42 bits per heavy atom. The molecular weight excluding hydrogens is 244 g/mol. The van der Waals surface area contributed by atoms with Gasteiger partial charge in [-0.25, -0.2) is 4.79 Å². The first-order valence-corrected chi connectivity index (χ1v) is 5.51. The van der Waals surface area contributed by atoms with Crippen molar-refractivity contribution in [3.05, 3.63) is 48.5 Å². The lowest BCUT2D eigenvalue weighted by molar-refractivity contribution is 0.210. The number of nitrogen functional groups attached to an aromatic ring is 1. The maximum absolute atomic E-state index is 10.4. The smallest absolute Gasteiger partial charge is 0.409 e. The van der Waals surface area contributed by atoms with E-state index in [1.807, 2.05) is 0 Å². The maximum Gasteiger partial charge on any atom is 0.409 e. The highest BCUT2D eigenvalue weighted by Gasteiger charge is 1.97. The van der Waals surface area contributed by atoms with Crippen molar-refractivity contribution < 1.29 is 9.90 Å². The van der Waals surface area contributed by atoms with Gasteiger partial charge in [-0.05, 0) is 48.5 Å². The topological polar surface area (TPSA) is 100 Å². The molecule has 0 bridgehead atoms. The molecule has 0 unspecified atom stereocenters. The molecule has 0 aliphatic rings. The number of benzene rings is 2. The number of carbonyl (C=O) groups is 1. The highest BCUT2D eigenvalue weighted by atomic mass is 16.4. The second-order valence-electron chi connectivity index (χ2n) is 3.77. The molecule has 6 heteroatoms. The van der Waals surface area contributed by atoms with Gasteiger partial charge in [0.25, 0.3) is 0 Å². The fraction of sp³-hybridized carbons (Fsp3) is 0. The molecule has 0 saturated carbocycles. The Bertz CT molecular complexity index is 591. The summed E-state index contributed by atoms with van der Waals surface area (Å²) in [4.78, 5) is 10.4. The van der Waals surface area contributed by atoms with E-state index in [9.17, 15) is 4.79 Å². The van der Waals surface area contributed by atoms with Crippen molar-refractivity contribution in [1.82, 2.24) is 0 Å². The van der Waals surface area contributed by atoms with Crippen molar-refractivity contribution in [2.45, 2.75) is 0 Å². The SMILES string of the molecule is Nc1ccc(N=Nc2ccc(NC(=O)O)cc2)cc1. The Balaban J connectivity index is 2.06. The molecule has 0 fully saturated rings. The van der Waals surface area contributed by atoms with Crippen LogP contribution in [0.2, 0.25) is 0 Å². The summed E-state index contributed by atoms with van der Waals surface area (Å²) in [5.74, 6) is 0. The van der Waals surface area contributed by atoms with Gasteiger partial charge in [-0.2, -0.15) is 10.2 Å². The van der Waals surface area contributed by atoms with E-state index in [1.54, 1.807) is 48.5 Å². The third-order valence-corrected chi connectivity index (χ3v) is 2.29. The van der Waals surface area contributed by atoms with Crippen LogP contribution in [0.3, 0.4) is 0 Å². The first-order chi connectivity index (χ1) is 9.13. The largest absolute Gasteiger partial charge is 0.465 e. The molecule has 0 heterocycles. The summed E-state index contributed by atoms with van der Waals surface area (Å²) in [6.07, 6.45) is -1.10. The minimum atomic E-state index is -1.10. The molecule has 2 rings (SSSR count). The van der Waals surface area contributed by atoms with Gasteiger partial charge in [-0.3, -0.25) is 5.32 Å². The van der Waals surface area contributed by atoms with Crippen molar-refractivity contribution in [1.29, 1.82) is 0 Å². The predicted octanol–water partition coefficient (Wildman–Crippen LogP) is 3.77. The first kappa shape index (κ1) is 12.6. The van der Waals surface area contributed by atoms with E-state index in [0.29, 0.717) is 22.7 Å². The molecule has 0 saturated heterocycles. The van der Waals surface area contributed by atoms with Crippen LogP contribution in [0, 0.1) is 0 Å². The number of rotatable bonds is 3. The monoisotopic (exact) mass is 256 g/mol. The average molecular weight is 256 g/mol. The van der Waals surface area contributed by atoms with E-state index in [2.05, 4.69) is 15.5 Å². The Morgan fingerprint density at radius 3 is 1.89 bits per heavy atom.